The van der Waals surface area contributed by atoms with Crippen molar-refractivity contribution in [2.75, 3.05) is 18.9 Å². The Morgan fingerprint density at radius 3 is 2.11 bits per heavy atom. The number of rotatable bonds is 13. The van der Waals surface area contributed by atoms with Gasteiger partial charge in [-0.3, -0.25) is 0 Å². The maximum atomic E-state index is 6.21. The van der Waals surface area contributed by atoms with Crippen LogP contribution in [0.1, 0.15) is 62.1 Å². The van der Waals surface area contributed by atoms with Gasteiger partial charge in [0.15, 0.2) is 0 Å². The molecule has 0 saturated carbocycles. The molecule has 148 valence electrons. The zero-order valence-corrected chi connectivity index (χ0v) is 18.4. The summed E-state index contributed by atoms with van der Waals surface area (Å²) in [5.41, 5.74) is 3.98. The first-order chi connectivity index (χ1) is 13.2. The molecule has 1 nitrogen and oxygen atoms in total. The lowest BCUT2D eigenvalue weighted by Crippen LogP contribution is -2.07. The van der Waals surface area contributed by atoms with Crippen molar-refractivity contribution >= 4 is 7.92 Å². The fraction of sp³-hybridized carbons (Fsp3) is 0.520. The van der Waals surface area contributed by atoms with Crippen molar-refractivity contribution in [3.8, 4) is 5.75 Å². The van der Waals surface area contributed by atoms with Crippen molar-refractivity contribution in [2.45, 2.75) is 65.5 Å². The summed E-state index contributed by atoms with van der Waals surface area (Å²) in [4.78, 5) is 0. The minimum atomic E-state index is -0.00197. The molecule has 0 radical (unpaired) electrons. The van der Waals surface area contributed by atoms with E-state index in [-0.39, 0.29) is 7.92 Å². The molecule has 27 heavy (non-hydrogen) atoms. The van der Waals surface area contributed by atoms with E-state index in [0.29, 0.717) is 0 Å². The van der Waals surface area contributed by atoms with E-state index in [0.717, 1.165) is 12.4 Å². The summed E-state index contributed by atoms with van der Waals surface area (Å²) in [6.07, 6.45) is 12.1. The maximum absolute atomic E-state index is 6.21. The standard InChI is InChI=1S/C25H37OP/c1-4-5-6-7-8-12-19-27(21-24-16-10-9-11-17-24)20-18-26-25-22(2)14-13-15-23(25)3/h9-11,13-17H,4-8,12,18-21H2,1-3H3. The Hall–Kier alpha value is -1.33. The molecule has 0 bridgehead atoms. The average molecular weight is 385 g/mol. The first-order valence-corrected chi connectivity index (χ1v) is 12.6. The second-order valence-electron chi connectivity index (χ2n) is 7.60. The third-order valence-electron chi connectivity index (χ3n) is 5.14. The summed E-state index contributed by atoms with van der Waals surface area (Å²) in [7, 11) is -0.00197. The Morgan fingerprint density at radius 1 is 0.741 bits per heavy atom. The molecule has 0 amide bonds. The molecular weight excluding hydrogens is 347 g/mol. The van der Waals surface area contributed by atoms with Crippen LogP contribution < -0.4 is 4.74 Å². The van der Waals surface area contributed by atoms with E-state index >= 15 is 0 Å². The highest BCUT2D eigenvalue weighted by Crippen LogP contribution is 2.40. The van der Waals surface area contributed by atoms with Gasteiger partial charge in [-0.15, -0.1) is 0 Å². The summed E-state index contributed by atoms with van der Waals surface area (Å²) in [6.45, 7) is 7.42. The second-order valence-corrected chi connectivity index (χ2v) is 10.2. The van der Waals surface area contributed by atoms with Gasteiger partial charge in [0.25, 0.3) is 0 Å². The van der Waals surface area contributed by atoms with E-state index in [1.54, 1.807) is 0 Å². The van der Waals surface area contributed by atoms with Crippen LogP contribution in [0.4, 0.5) is 0 Å². The SMILES string of the molecule is CCCCCCCCP(CCOc1c(C)cccc1C)Cc1ccccc1. The number of benzene rings is 2. The molecule has 2 aromatic rings. The Morgan fingerprint density at radius 2 is 1.41 bits per heavy atom. The van der Waals surface area contributed by atoms with Gasteiger partial charge >= 0.3 is 0 Å². The van der Waals surface area contributed by atoms with E-state index < -0.39 is 0 Å². The molecule has 2 aromatic carbocycles. The molecule has 2 heteroatoms. The fourth-order valence-electron chi connectivity index (χ4n) is 3.53. The van der Waals surface area contributed by atoms with Crippen molar-refractivity contribution in [3.05, 3.63) is 65.2 Å². The van der Waals surface area contributed by atoms with Gasteiger partial charge in [-0.25, -0.2) is 0 Å². The van der Waals surface area contributed by atoms with Crippen LogP contribution in [0.5, 0.6) is 5.75 Å². The smallest absolute Gasteiger partial charge is 0.125 e. The first-order valence-electron chi connectivity index (χ1n) is 10.7. The monoisotopic (exact) mass is 384 g/mol. The molecule has 0 aromatic heterocycles. The summed E-state index contributed by atoms with van der Waals surface area (Å²) < 4.78 is 6.21. The molecule has 1 unspecified atom stereocenters. The van der Waals surface area contributed by atoms with Crippen molar-refractivity contribution in [2.24, 2.45) is 0 Å². The fourth-order valence-corrected chi connectivity index (χ4v) is 5.82. The summed E-state index contributed by atoms with van der Waals surface area (Å²) in [5.74, 6) is 1.09. The van der Waals surface area contributed by atoms with Gasteiger partial charge in [-0.2, -0.15) is 0 Å². The third-order valence-corrected chi connectivity index (χ3v) is 7.72. The second kappa shape index (κ2) is 12.9. The number of unbranched alkanes of at least 4 members (excludes halogenated alkanes) is 5. The molecule has 0 aliphatic rings. The van der Waals surface area contributed by atoms with E-state index in [9.17, 15) is 0 Å². The van der Waals surface area contributed by atoms with E-state index in [1.165, 1.54) is 73.7 Å². The Bertz CT molecular complexity index is 618. The van der Waals surface area contributed by atoms with Crippen LogP contribution in [0.15, 0.2) is 48.5 Å². The average Bonchev–Trinajstić information content (AvgIpc) is 2.67. The van der Waals surface area contributed by atoms with Crippen LogP contribution >= 0.6 is 7.92 Å². The van der Waals surface area contributed by atoms with Crippen LogP contribution in [-0.4, -0.2) is 18.9 Å². The Labute approximate surface area is 168 Å². The van der Waals surface area contributed by atoms with Crippen molar-refractivity contribution in [1.82, 2.24) is 0 Å². The van der Waals surface area contributed by atoms with Gasteiger partial charge in [0.2, 0.25) is 0 Å². The highest BCUT2D eigenvalue weighted by Gasteiger charge is 2.11. The van der Waals surface area contributed by atoms with Crippen molar-refractivity contribution in [1.29, 1.82) is 0 Å². The lowest BCUT2D eigenvalue weighted by Gasteiger charge is -2.19. The largest absolute Gasteiger partial charge is 0.493 e. The number of para-hydroxylation sites is 1. The van der Waals surface area contributed by atoms with Crippen LogP contribution in [0, 0.1) is 13.8 Å². The third kappa shape index (κ3) is 8.48. The molecule has 2 rings (SSSR count). The summed E-state index contributed by atoms with van der Waals surface area (Å²) in [6, 6.07) is 17.4. The molecule has 0 N–H and O–H groups in total. The maximum Gasteiger partial charge on any atom is 0.125 e. The normalized spacial score (nSPS) is 12.1. The minimum Gasteiger partial charge on any atom is -0.493 e. The van der Waals surface area contributed by atoms with Gasteiger partial charge in [0, 0.05) is 6.16 Å². The zero-order chi connectivity index (χ0) is 19.3. The van der Waals surface area contributed by atoms with Gasteiger partial charge < -0.3 is 4.74 Å². The predicted octanol–water partition coefficient (Wildman–Crippen LogP) is 7.72. The molecule has 0 fully saturated rings. The van der Waals surface area contributed by atoms with Crippen LogP contribution in [0.25, 0.3) is 0 Å². The van der Waals surface area contributed by atoms with Gasteiger partial charge in [-0.1, -0.05) is 95.5 Å². The number of aryl methyl sites for hydroxylation is 2. The molecule has 0 heterocycles. The molecule has 0 aliphatic heterocycles. The molecule has 0 spiro atoms. The van der Waals surface area contributed by atoms with Crippen molar-refractivity contribution < 1.29 is 4.74 Å². The number of ether oxygens (including phenoxy) is 1. The van der Waals surface area contributed by atoms with E-state index in [4.69, 9.17) is 4.74 Å². The first kappa shape index (κ1) is 22.0. The minimum absolute atomic E-state index is 0.00197. The van der Waals surface area contributed by atoms with E-state index in [1.807, 2.05) is 0 Å². The summed E-state index contributed by atoms with van der Waals surface area (Å²) >= 11 is 0. The Kier molecular flexibility index (Phi) is 10.5. The van der Waals surface area contributed by atoms with Crippen LogP contribution in [0.2, 0.25) is 0 Å². The number of hydrogen-bond acceptors (Lipinski definition) is 1. The van der Waals surface area contributed by atoms with Crippen molar-refractivity contribution in [3.63, 3.8) is 0 Å². The predicted molar refractivity (Wildman–Crippen MR) is 122 cm³/mol. The lowest BCUT2D eigenvalue weighted by atomic mass is 10.1. The molecular formula is C25H37OP. The zero-order valence-electron chi connectivity index (χ0n) is 17.5. The highest BCUT2D eigenvalue weighted by atomic mass is 31.1. The number of hydrogen-bond donors (Lipinski definition) is 0. The lowest BCUT2D eigenvalue weighted by molar-refractivity contribution is 0.338. The summed E-state index contributed by atoms with van der Waals surface area (Å²) in [5, 5.41) is 0. The van der Waals surface area contributed by atoms with Gasteiger partial charge in [-0.05, 0) is 49.3 Å². The van der Waals surface area contributed by atoms with Gasteiger partial charge in [0.1, 0.15) is 5.75 Å². The molecule has 0 aliphatic carbocycles. The van der Waals surface area contributed by atoms with Crippen LogP contribution in [-0.2, 0) is 6.16 Å². The van der Waals surface area contributed by atoms with E-state index in [2.05, 4.69) is 69.3 Å². The molecule has 0 saturated heterocycles. The van der Waals surface area contributed by atoms with Crippen LogP contribution in [0.3, 0.4) is 0 Å². The Balaban J connectivity index is 1.83. The topological polar surface area (TPSA) is 9.23 Å². The van der Waals surface area contributed by atoms with Gasteiger partial charge in [0.05, 0.1) is 6.61 Å². The molecule has 1 atom stereocenters. The highest BCUT2D eigenvalue weighted by molar-refractivity contribution is 7.56. The quantitative estimate of drug-likeness (QED) is 0.254.